The second-order valence-electron chi connectivity index (χ2n) is 5.46. The van der Waals surface area contributed by atoms with E-state index in [2.05, 4.69) is 10.3 Å². The van der Waals surface area contributed by atoms with Gasteiger partial charge >= 0.3 is 0 Å². The molecule has 0 spiro atoms. The number of anilines is 1. The van der Waals surface area contributed by atoms with Crippen LogP contribution in [0.15, 0.2) is 48.8 Å². The van der Waals surface area contributed by atoms with E-state index in [0.29, 0.717) is 18.1 Å². The molecule has 1 aliphatic heterocycles. The lowest BCUT2D eigenvalue weighted by molar-refractivity contribution is -0.126. The second kappa shape index (κ2) is 6.79. The molecule has 0 radical (unpaired) electrons. The monoisotopic (exact) mass is 329 g/mol. The molecule has 0 unspecified atom stereocenters. The van der Waals surface area contributed by atoms with Gasteiger partial charge in [0.2, 0.25) is 11.8 Å². The Balaban J connectivity index is 1.60. The first kappa shape index (κ1) is 15.5. The summed E-state index contributed by atoms with van der Waals surface area (Å²) in [5, 5.41) is 3.49. The summed E-state index contributed by atoms with van der Waals surface area (Å²) < 4.78 is 0. The Morgan fingerprint density at radius 3 is 2.61 bits per heavy atom. The maximum Gasteiger partial charge on any atom is 0.227 e. The third kappa shape index (κ3) is 3.68. The summed E-state index contributed by atoms with van der Waals surface area (Å²) in [5.74, 6) is -0.483. The number of rotatable bonds is 4. The summed E-state index contributed by atoms with van der Waals surface area (Å²) in [5.41, 5.74) is 1.75. The topological polar surface area (TPSA) is 62.3 Å². The zero-order valence-electron chi connectivity index (χ0n) is 12.4. The van der Waals surface area contributed by atoms with E-state index >= 15 is 0 Å². The molecule has 1 aromatic carbocycles. The zero-order valence-corrected chi connectivity index (χ0v) is 13.2. The SMILES string of the molecule is O=C(NCc1ccncc1)[C@H]1CC(=O)N(c2ccc(Cl)cc2)C1. The largest absolute Gasteiger partial charge is 0.352 e. The van der Waals surface area contributed by atoms with Crippen LogP contribution in [0.1, 0.15) is 12.0 Å². The van der Waals surface area contributed by atoms with Gasteiger partial charge < -0.3 is 10.2 Å². The Kier molecular flexibility index (Phi) is 4.57. The molecule has 1 aliphatic rings. The summed E-state index contributed by atoms with van der Waals surface area (Å²) in [7, 11) is 0. The van der Waals surface area contributed by atoms with Gasteiger partial charge in [-0.05, 0) is 42.0 Å². The maximum atomic E-state index is 12.3. The lowest BCUT2D eigenvalue weighted by Crippen LogP contribution is -2.32. The van der Waals surface area contributed by atoms with Crippen molar-refractivity contribution in [3.05, 3.63) is 59.4 Å². The predicted molar refractivity (Wildman–Crippen MR) is 88.0 cm³/mol. The van der Waals surface area contributed by atoms with Crippen LogP contribution < -0.4 is 10.2 Å². The number of halogens is 1. The number of hydrogen-bond acceptors (Lipinski definition) is 3. The molecule has 6 heteroatoms. The van der Waals surface area contributed by atoms with Crippen molar-refractivity contribution in [3.63, 3.8) is 0 Å². The van der Waals surface area contributed by atoms with Crippen molar-refractivity contribution in [2.24, 2.45) is 5.92 Å². The van der Waals surface area contributed by atoms with Crippen molar-refractivity contribution in [1.29, 1.82) is 0 Å². The Morgan fingerprint density at radius 1 is 1.22 bits per heavy atom. The van der Waals surface area contributed by atoms with E-state index in [0.717, 1.165) is 11.3 Å². The van der Waals surface area contributed by atoms with Crippen LogP contribution in [-0.4, -0.2) is 23.3 Å². The Hall–Kier alpha value is -2.40. The first-order valence-corrected chi connectivity index (χ1v) is 7.74. The highest BCUT2D eigenvalue weighted by molar-refractivity contribution is 6.30. The minimum Gasteiger partial charge on any atom is -0.352 e. The van der Waals surface area contributed by atoms with Crippen molar-refractivity contribution >= 4 is 29.1 Å². The lowest BCUT2D eigenvalue weighted by atomic mass is 10.1. The fraction of sp³-hybridized carbons (Fsp3) is 0.235. The molecular weight excluding hydrogens is 314 g/mol. The molecule has 1 fully saturated rings. The number of carbonyl (C=O) groups is 2. The maximum absolute atomic E-state index is 12.3. The molecule has 3 rings (SSSR count). The van der Waals surface area contributed by atoms with E-state index in [4.69, 9.17) is 11.6 Å². The van der Waals surface area contributed by atoms with Crippen molar-refractivity contribution in [2.75, 3.05) is 11.4 Å². The molecule has 5 nitrogen and oxygen atoms in total. The van der Waals surface area contributed by atoms with Gasteiger partial charge in [-0.1, -0.05) is 11.6 Å². The van der Waals surface area contributed by atoms with Gasteiger partial charge in [0.25, 0.3) is 0 Å². The second-order valence-corrected chi connectivity index (χ2v) is 5.89. The average molecular weight is 330 g/mol. The summed E-state index contributed by atoms with van der Waals surface area (Å²) in [6, 6.07) is 10.7. The number of hydrogen-bond donors (Lipinski definition) is 1. The average Bonchev–Trinajstić information content (AvgIpc) is 2.96. The van der Waals surface area contributed by atoms with Crippen LogP contribution in [-0.2, 0) is 16.1 Å². The Labute approximate surface area is 139 Å². The molecule has 1 saturated heterocycles. The summed E-state index contributed by atoms with van der Waals surface area (Å²) >= 11 is 5.86. The molecule has 2 aromatic rings. The van der Waals surface area contributed by atoms with Crippen molar-refractivity contribution in [2.45, 2.75) is 13.0 Å². The Bertz CT molecular complexity index is 704. The minimum absolute atomic E-state index is 0.0450. The third-order valence-corrected chi connectivity index (χ3v) is 4.10. The number of benzene rings is 1. The van der Waals surface area contributed by atoms with Gasteiger partial charge in [0.05, 0.1) is 5.92 Å². The van der Waals surface area contributed by atoms with E-state index in [1.807, 2.05) is 12.1 Å². The van der Waals surface area contributed by atoms with Gasteiger partial charge in [0.15, 0.2) is 0 Å². The number of pyridine rings is 1. The molecule has 1 aromatic heterocycles. The molecule has 1 atom stereocenters. The van der Waals surface area contributed by atoms with E-state index < -0.39 is 0 Å². The molecule has 0 bridgehead atoms. The molecule has 23 heavy (non-hydrogen) atoms. The Morgan fingerprint density at radius 2 is 1.91 bits per heavy atom. The highest BCUT2D eigenvalue weighted by Gasteiger charge is 2.34. The molecule has 2 amide bonds. The van der Waals surface area contributed by atoms with Crippen LogP contribution in [0.4, 0.5) is 5.69 Å². The van der Waals surface area contributed by atoms with E-state index in [1.165, 1.54) is 0 Å². The van der Waals surface area contributed by atoms with Crippen molar-refractivity contribution in [1.82, 2.24) is 10.3 Å². The smallest absolute Gasteiger partial charge is 0.227 e. The fourth-order valence-electron chi connectivity index (χ4n) is 2.59. The van der Waals surface area contributed by atoms with Gasteiger partial charge in [-0.15, -0.1) is 0 Å². The molecule has 2 heterocycles. The molecule has 0 aliphatic carbocycles. The lowest BCUT2D eigenvalue weighted by Gasteiger charge is -2.16. The number of amides is 2. The van der Waals surface area contributed by atoms with Gasteiger partial charge in [-0.3, -0.25) is 14.6 Å². The predicted octanol–water partition coefficient (Wildman–Crippen LogP) is 2.40. The number of nitrogens with one attached hydrogen (secondary N) is 1. The van der Waals surface area contributed by atoms with Crippen LogP contribution in [0.2, 0.25) is 5.02 Å². The van der Waals surface area contributed by atoms with E-state index in [9.17, 15) is 9.59 Å². The minimum atomic E-state index is -0.333. The van der Waals surface area contributed by atoms with Crippen molar-refractivity contribution in [3.8, 4) is 0 Å². The number of carbonyl (C=O) groups excluding carboxylic acids is 2. The zero-order chi connectivity index (χ0) is 16.2. The van der Waals surface area contributed by atoms with E-state index in [1.54, 1.807) is 41.6 Å². The molecule has 0 saturated carbocycles. The molecule has 1 N–H and O–H groups in total. The van der Waals surface area contributed by atoms with Crippen molar-refractivity contribution < 1.29 is 9.59 Å². The van der Waals surface area contributed by atoms with Crippen LogP contribution in [0, 0.1) is 5.92 Å². The van der Waals surface area contributed by atoms with Gasteiger partial charge in [0, 0.05) is 42.6 Å². The van der Waals surface area contributed by atoms with Gasteiger partial charge in [-0.25, -0.2) is 0 Å². The molecule has 118 valence electrons. The normalized spacial score (nSPS) is 17.3. The summed E-state index contributed by atoms with van der Waals surface area (Å²) in [6.45, 7) is 0.829. The fourth-order valence-corrected chi connectivity index (χ4v) is 2.71. The van der Waals surface area contributed by atoms with Crippen LogP contribution in [0.25, 0.3) is 0 Å². The first-order chi connectivity index (χ1) is 11.1. The molecular formula is C17H16ClN3O2. The van der Waals surface area contributed by atoms with Crippen LogP contribution >= 0.6 is 11.6 Å². The first-order valence-electron chi connectivity index (χ1n) is 7.36. The third-order valence-electron chi connectivity index (χ3n) is 3.85. The quantitative estimate of drug-likeness (QED) is 0.937. The standard InChI is InChI=1S/C17H16ClN3O2/c18-14-1-3-15(4-2-14)21-11-13(9-16(21)22)17(23)20-10-12-5-7-19-8-6-12/h1-8,13H,9-11H2,(H,20,23)/t13-/m0/s1. The summed E-state index contributed by atoms with van der Waals surface area (Å²) in [4.78, 5) is 30.0. The van der Waals surface area contributed by atoms with E-state index in [-0.39, 0.29) is 24.2 Å². The van der Waals surface area contributed by atoms with Gasteiger partial charge in [-0.2, -0.15) is 0 Å². The highest BCUT2D eigenvalue weighted by atomic mass is 35.5. The van der Waals surface area contributed by atoms with Gasteiger partial charge in [0.1, 0.15) is 0 Å². The number of aromatic nitrogens is 1. The van der Waals surface area contributed by atoms with Crippen LogP contribution in [0.3, 0.4) is 0 Å². The number of nitrogens with zero attached hydrogens (tertiary/aromatic N) is 2. The summed E-state index contributed by atoms with van der Waals surface area (Å²) in [6.07, 6.45) is 3.59. The highest BCUT2D eigenvalue weighted by Crippen LogP contribution is 2.26. The van der Waals surface area contributed by atoms with Crippen LogP contribution in [0.5, 0.6) is 0 Å².